The molecule has 1 aliphatic heterocycles. The zero-order valence-electron chi connectivity index (χ0n) is 17.1. The van der Waals surface area contributed by atoms with Crippen LogP contribution in [0.5, 0.6) is 0 Å². The molecule has 3 N–H and O–H groups in total. The normalized spacial score (nSPS) is 12.5. The molecule has 5 rings (SSSR count). The summed E-state index contributed by atoms with van der Waals surface area (Å²) in [6.45, 7) is 2.95. The monoisotopic (exact) mass is 410 g/mol. The fourth-order valence-corrected chi connectivity index (χ4v) is 3.51. The molecule has 4 heterocycles. The SMILES string of the molecule is Cc1cccc(-c2nccc(Nc3ccnc(Nc4ccc5c(c4)NCCC5)n3)n2)n1. The van der Waals surface area contributed by atoms with Crippen LogP contribution in [0.2, 0.25) is 0 Å². The van der Waals surface area contributed by atoms with Gasteiger partial charge in [-0.25, -0.2) is 19.9 Å². The van der Waals surface area contributed by atoms with Gasteiger partial charge < -0.3 is 16.0 Å². The van der Waals surface area contributed by atoms with Crippen molar-refractivity contribution >= 4 is 29.0 Å². The minimum Gasteiger partial charge on any atom is -0.385 e. The zero-order chi connectivity index (χ0) is 21.0. The molecular formula is C23H22N8. The number of pyridine rings is 1. The van der Waals surface area contributed by atoms with E-state index < -0.39 is 0 Å². The molecule has 0 unspecified atom stereocenters. The predicted molar refractivity (Wildman–Crippen MR) is 122 cm³/mol. The van der Waals surface area contributed by atoms with Crippen molar-refractivity contribution in [3.05, 3.63) is 72.2 Å². The molecule has 0 atom stereocenters. The predicted octanol–water partition coefficient (Wildman–Crippen LogP) is 4.48. The van der Waals surface area contributed by atoms with E-state index in [4.69, 9.17) is 0 Å². The molecule has 8 nitrogen and oxygen atoms in total. The Balaban J connectivity index is 1.33. The van der Waals surface area contributed by atoms with E-state index in [0.29, 0.717) is 23.4 Å². The molecule has 3 aromatic heterocycles. The second-order valence-electron chi connectivity index (χ2n) is 7.35. The molecule has 0 saturated carbocycles. The number of nitrogens with one attached hydrogen (secondary N) is 3. The van der Waals surface area contributed by atoms with Crippen LogP contribution in [0, 0.1) is 6.92 Å². The summed E-state index contributed by atoms with van der Waals surface area (Å²) in [5, 5.41) is 9.94. The van der Waals surface area contributed by atoms with Crippen molar-refractivity contribution < 1.29 is 0 Å². The van der Waals surface area contributed by atoms with Crippen molar-refractivity contribution in [3.8, 4) is 11.5 Å². The molecular weight excluding hydrogens is 388 g/mol. The summed E-state index contributed by atoms with van der Waals surface area (Å²) in [4.78, 5) is 22.3. The van der Waals surface area contributed by atoms with Gasteiger partial charge in [-0.1, -0.05) is 12.1 Å². The summed E-state index contributed by atoms with van der Waals surface area (Å²) >= 11 is 0. The lowest BCUT2D eigenvalue weighted by molar-refractivity contribution is 0.830. The molecule has 0 bridgehead atoms. The highest BCUT2D eigenvalue weighted by molar-refractivity contribution is 5.66. The highest BCUT2D eigenvalue weighted by atomic mass is 15.2. The first-order chi connectivity index (χ1) is 15.2. The van der Waals surface area contributed by atoms with Gasteiger partial charge in [-0.3, -0.25) is 0 Å². The number of hydrogen-bond donors (Lipinski definition) is 3. The fraction of sp³-hybridized carbons (Fsp3) is 0.174. The highest BCUT2D eigenvalue weighted by Crippen LogP contribution is 2.27. The lowest BCUT2D eigenvalue weighted by atomic mass is 10.0. The quantitative estimate of drug-likeness (QED) is 0.443. The van der Waals surface area contributed by atoms with Gasteiger partial charge in [0, 0.05) is 36.0 Å². The Morgan fingerprint density at radius 2 is 1.74 bits per heavy atom. The first kappa shape index (κ1) is 18.9. The molecule has 0 radical (unpaired) electrons. The van der Waals surface area contributed by atoms with Gasteiger partial charge in [-0.05, 0) is 61.7 Å². The van der Waals surface area contributed by atoms with Gasteiger partial charge in [0.25, 0.3) is 0 Å². The van der Waals surface area contributed by atoms with Gasteiger partial charge in [0.2, 0.25) is 5.95 Å². The summed E-state index contributed by atoms with van der Waals surface area (Å²) in [7, 11) is 0. The van der Waals surface area contributed by atoms with E-state index in [0.717, 1.165) is 30.0 Å². The van der Waals surface area contributed by atoms with Gasteiger partial charge in [-0.2, -0.15) is 4.98 Å². The molecule has 1 aliphatic rings. The maximum atomic E-state index is 4.57. The van der Waals surface area contributed by atoms with Gasteiger partial charge in [0.1, 0.15) is 17.3 Å². The molecule has 8 heteroatoms. The molecule has 0 saturated heterocycles. The van der Waals surface area contributed by atoms with Crippen LogP contribution in [-0.2, 0) is 6.42 Å². The highest BCUT2D eigenvalue weighted by Gasteiger charge is 2.10. The second kappa shape index (κ2) is 8.35. The van der Waals surface area contributed by atoms with Crippen molar-refractivity contribution in [2.75, 3.05) is 22.5 Å². The molecule has 0 aliphatic carbocycles. The number of rotatable bonds is 5. The summed E-state index contributed by atoms with van der Waals surface area (Å²) in [6, 6.07) is 15.7. The Kier molecular flexibility index (Phi) is 5.10. The summed E-state index contributed by atoms with van der Waals surface area (Å²) < 4.78 is 0. The Bertz CT molecular complexity index is 1220. The third-order valence-corrected chi connectivity index (χ3v) is 4.99. The van der Waals surface area contributed by atoms with Crippen LogP contribution >= 0.6 is 0 Å². The van der Waals surface area contributed by atoms with Crippen LogP contribution in [-0.4, -0.2) is 31.5 Å². The Hall–Kier alpha value is -4.07. The second-order valence-corrected chi connectivity index (χ2v) is 7.35. The zero-order valence-corrected chi connectivity index (χ0v) is 17.1. The Labute approximate surface area is 180 Å². The maximum Gasteiger partial charge on any atom is 0.229 e. The lowest BCUT2D eigenvalue weighted by Crippen LogP contribution is -2.11. The summed E-state index contributed by atoms with van der Waals surface area (Å²) in [6.07, 6.45) is 5.69. The van der Waals surface area contributed by atoms with Crippen molar-refractivity contribution in [1.82, 2.24) is 24.9 Å². The van der Waals surface area contributed by atoms with E-state index in [1.165, 1.54) is 17.7 Å². The van der Waals surface area contributed by atoms with Crippen LogP contribution < -0.4 is 16.0 Å². The van der Waals surface area contributed by atoms with Gasteiger partial charge in [0.05, 0.1) is 0 Å². The molecule has 0 spiro atoms. The number of anilines is 5. The topological polar surface area (TPSA) is 101 Å². The molecule has 0 amide bonds. The first-order valence-corrected chi connectivity index (χ1v) is 10.2. The van der Waals surface area contributed by atoms with E-state index in [1.807, 2.05) is 25.1 Å². The molecule has 31 heavy (non-hydrogen) atoms. The Morgan fingerprint density at radius 3 is 2.65 bits per heavy atom. The molecule has 154 valence electrons. The minimum atomic E-state index is 0.510. The number of aromatic nitrogens is 5. The average molecular weight is 410 g/mol. The first-order valence-electron chi connectivity index (χ1n) is 10.2. The van der Waals surface area contributed by atoms with Crippen LogP contribution in [0.15, 0.2) is 60.9 Å². The van der Waals surface area contributed by atoms with E-state index in [2.05, 4.69) is 59.1 Å². The lowest BCUT2D eigenvalue weighted by Gasteiger charge is -2.19. The van der Waals surface area contributed by atoms with Crippen molar-refractivity contribution in [3.63, 3.8) is 0 Å². The third kappa shape index (κ3) is 4.42. The maximum absolute atomic E-state index is 4.57. The minimum absolute atomic E-state index is 0.510. The van der Waals surface area contributed by atoms with Gasteiger partial charge in [0.15, 0.2) is 5.82 Å². The van der Waals surface area contributed by atoms with Crippen LogP contribution in [0.4, 0.5) is 29.0 Å². The standard InChI is InChI=1S/C23H22N8/c1-15-4-2-6-18(27-15)22-25-12-9-20(30-22)29-21-10-13-26-23(31-21)28-17-8-7-16-5-3-11-24-19(16)14-17/h2,4,6-10,12-14,24H,3,5,11H2,1H3,(H2,25,26,28,29,30,31). The third-order valence-electron chi connectivity index (χ3n) is 4.99. The smallest absolute Gasteiger partial charge is 0.229 e. The number of benzene rings is 1. The number of nitrogens with zero attached hydrogens (tertiary/aromatic N) is 5. The van der Waals surface area contributed by atoms with E-state index in [9.17, 15) is 0 Å². The van der Waals surface area contributed by atoms with Crippen molar-refractivity contribution in [2.45, 2.75) is 19.8 Å². The van der Waals surface area contributed by atoms with Gasteiger partial charge >= 0.3 is 0 Å². The fourth-order valence-electron chi connectivity index (χ4n) is 3.51. The molecule has 0 fully saturated rings. The Morgan fingerprint density at radius 1 is 0.871 bits per heavy atom. The number of fused-ring (bicyclic) bond motifs is 1. The van der Waals surface area contributed by atoms with Crippen molar-refractivity contribution in [1.29, 1.82) is 0 Å². The average Bonchev–Trinajstić information content (AvgIpc) is 2.79. The summed E-state index contributed by atoms with van der Waals surface area (Å²) in [5.41, 5.74) is 5.11. The van der Waals surface area contributed by atoms with E-state index in [1.54, 1.807) is 24.5 Å². The van der Waals surface area contributed by atoms with Crippen LogP contribution in [0.25, 0.3) is 11.5 Å². The number of hydrogen-bond acceptors (Lipinski definition) is 8. The van der Waals surface area contributed by atoms with E-state index >= 15 is 0 Å². The molecule has 4 aromatic rings. The number of aryl methyl sites for hydroxylation is 2. The van der Waals surface area contributed by atoms with Crippen LogP contribution in [0.1, 0.15) is 17.7 Å². The van der Waals surface area contributed by atoms with E-state index in [-0.39, 0.29) is 0 Å². The van der Waals surface area contributed by atoms with Crippen molar-refractivity contribution in [2.24, 2.45) is 0 Å². The van der Waals surface area contributed by atoms with Crippen LogP contribution in [0.3, 0.4) is 0 Å². The summed E-state index contributed by atoms with van der Waals surface area (Å²) in [5.74, 6) is 2.34. The van der Waals surface area contributed by atoms with Gasteiger partial charge in [-0.15, -0.1) is 0 Å². The molecule has 1 aromatic carbocycles. The largest absolute Gasteiger partial charge is 0.385 e.